The highest BCUT2D eigenvalue weighted by molar-refractivity contribution is 7.98. The third-order valence-electron chi connectivity index (χ3n) is 3.62. The van der Waals surface area contributed by atoms with Gasteiger partial charge in [-0.1, -0.05) is 46.8 Å². The quantitative estimate of drug-likeness (QED) is 0.493. The normalized spacial score (nSPS) is 11.0. The third kappa shape index (κ3) is 4.47. The molecule has 0 fully saturated rings. The fourth-order valence-corrected chi connectivity index (χ4v) is 3.35. The van der Waals surface area contributed by atoms with Gasteiger partial charge in [0.25, 0.3) is 5.22 Å². The zero-order valence-electron chi connectivity index (χ0n) is 14.0. The van der Waals surface area contributed by atoms with Crippen LogP contribution in [0.4, 0.5) is 5.69 Å². The molecule has 2 heterocycles. The number of hydrogen-bond donors (Lipinski definition) is 1. The number of aromatic nitrogens is 4. The Balaban J connectivity index is 1.33. The molecule has 9 heteroatoms. The number of oxazole rings is 1. The van der Waals surface area contributed by atoms with E-state index in [1.165, 1.54) is 16.4 Å². The molecule has 1 N–H and O–H groups in total. The van der Waals surface area contributed by atoms with Crippen molar-refractivity contribution in [3.8, 4) is 0 Å². The summed E-state index contributed by atoms with van der Waals surface area (Å²) < 4.78 is 7.15. The molecule has 2 aromatic heterocycles. The van der Waals surface area contributed by atoms with Crippen LogP contribution in [-0.2, 0) is 17.1 Å². The average molecular weight is 400 g/mol. The van der Waals surface area contributed by atoms with E-state index in [4.69, 9.17) is 16.0 Å². The van der Waals surface area contributed by atoms with Crippen molar-refractivity contribution in [3.63, 3.8) is 0 Å². The zero-order chi connectivity index (χ0) is 18.6. The van der Waals surface area contributed by atoms with E-state index in [0.717, 1.165) is 16.8 Å². The van der Waals surface area contributed by atoms with Crippen LogP contribution < -0.4 is 5.32 Å². The lowest BCUT2D eigenvalue weighted by molar-refractivity contribution is -0.116. The van der Waals surface area contributed by atoms with E-state index < -0.39 is 0 Å². The molecule has 0 aliphatic carbocycles. The summed E-state index contributed by atoms with van der Waals surface area (Å²) in [5, 5.41) is 12.0. The minimum Gasteiger partial charge on any atom is -0.431 e. The average Bonchev–Trinajstić information content (AvgIpc) is 3.26. The number of benzene rings is 2. The molecule has 7 nitrogen and oxygen atoms in total. The number of para-hydroxylation sites is 2. The van der Waals surface area contributed by atoms with Crippen molar-refractivity contribution in [2.24, 2.45) is 0 Å². The molecule has 27 heavy (non-hydrogen) atoms. The summed E-state index contributed by atoms with van der Waals surface area (Å²) in [6, 6.07) is 14.6. The lowest BCUT2D eigenvalue weighted by atomic mass is 10.3. The minimum atomic E-state index is -0.208. The van der Waals surface area contributed by atoms with Gasteiger partial charge in [0.1, 0.15) is 12.1 Å². The Morgan fingerprint density at radius 1 is 1.22 bits per heavy atom. The Morgan fingerprint density at radius 3 is 2.96 bits per heavy atom. The summed E-state index contributed by atoms with van der Waals surface area (Å²) in [6.45, 7) is 0.0626. The smallest absolute Gasteiger partial charge is 0.257 e. The SMILES string of the molecule is O=C(Cn1cc(CSc2nc3ccccc3o2)nn1)Nc1cccc(Cl)c1. The van der Waals surface area contributed by atoms with Crippen molar-refractivity contribution in [3.05, 3.63) is 65.4 Å². The topological polar surface area (TPSA) is 85.8 Å². The van der Waals surface area contributed by atoms with Crippen LogP contribution in [0.5, 0.6) is 0 Å². The Hall–Kier alpha value is -2.84. The molecule has 4 aromatic rings. The first-order valence-electron chi connectivity index (χ1n) is 8.08. The Kier molecular flexibility index (Phi) is 5.08. The molecule has 0 spiro atoms. The first kappa shape index (κ1) is 17.6. The van der Waals surface area contributed by atoms with E-state index in [9.17, 15) is 4.79 Å². The fourth-order valence-electron chi connectivity index (χ4n) is 2.44. The Labute approximate surface area is 163 Å². The van der Waals surface area contributed by atoms with Crippen LogP contribution >= 0.6 is 23.4 Å². The number of nitrogens with one attached hydrogen (secondary N) is 1. The summed E-state index contributed by atoms with van der Waals surface area (Å²) in [4.78, 5) is 16.5. The molecule has 0 radical (unpaired) electrons. The first-order valence-corrected chi connectivity index (χ1v) is 9.45. The van der Waals surface area contributed by atoms with Gasteiger partial charge >= 0.3 is 0 Å². The number of halogens is 1. The van der Waals surface area contributed by atoms with Gasteiger partial charge in [0.2, 0.25) is 5.91 Å². The second kappa shape index (κ2) is 7.81. The van der Waals surface area contributed by atoms with Gasteiger partial charge in [-0.25, -0.2) is 9.67 Å². The number of carbonyl (C=O) groups is 1. The second-order valence-electron chi connectivity index (χ2n) is 5.70. The molecule has 0 atom stereocenters. The van der Waals surface area contributed by atoms with Gasteiger partial charge in [-0.3, -0.25) is 4.79 Å². The van der Waals surface area contributed by atoms with Gasteiger partial charge in [-0.2, -0.15) is 0 Å². The zero-order valence-corrected chi connectivity index (χ0v) is 15.6. The van der Waals surface area contributed by atoms with Crippen molar-refractivity contribution in [2.75, 3.05) is 5.32 Å². The summed E-state index contributed by atoms with van der Waals surface area (Å²) in [5.41, 5.74) is 2.94. The van der Waals surface area contributed by atoms with Crippen molar-refractivity contribution < 1.29 is 9.21 Å². The number of carbonyl (C=O) groups excluding carboxylic acids is 1. The monoisotopic (exact) mass is 399 g/mol. The van der Waals surface area contributed by atoms with Crippen LogP contribution in [-0.4, -0.2) is 25.9 Å². The molecule has 4 rings (SSSR count). The van der Waals surface area contributed by atoms with E-state index in [0.29, 0.717) is 21.7 Å². The van der Waals surface area contributed by atoms with E-state index >= 15 is 0 Å². The maximum Gasteiger partial charge on any atom is 0.257 e. The van der Waals surface area contributed by atoms with Gasteiger partial charge < -0.3 is 9.73 Å². The van der Waals surface area contributed by atoms with Gasteiger partial charge in [-0.05, 0) is 30.3 Å². The summed E-state index contributed by atoms with van der Waals surface area (Å²) in [6.07, 6.45) is 1.73. The number of fused-ring (bicyclic) bond motifs is 1. The highest BCUT2D eigenvalue weighted by atomic mass is 35.5. The summed E-state index contributed by atoms with van der Waals surface area (Å²) in [5.74, 6) is 0.336. The Bertz CT molecular complexity index is 1060. The van der Waals surface area contributed by atoms with Crippen LogP contribution in [0.25, 0.3) is 11.1 Å². The van der Waals surface area contributed by atoms with E-state index in [1.807, 2.05) is 24.3 Å². The molecular weight excluding hydrogens is 386 g/mol. The molecular formula is C18H14ClN5O2S. The maximum atomic E-state index is 12.1. The van der Waals surface area contributed by atoms with E-state index in [2.05, 4.69) is 20.6 Å². The van der Waals surface area contributed by atoms with Crippen molar-refractivity contribution in [1.82, 2.24) is 20.0 Å². The van der Waals surface area contributed by atoms with Crippen LogP contribution in [0.2, 0.25) is 5.02 Å². The van der Waals surface area contributed by atoms with Gasteiger partial charge in [0.15, 0.2) is 5.58 Å². The molecule has 0 saturated heterocycles. The molecule has 0 unspecified atom stereocenters. The van der Waals surface area contributed by atoms with E-state index in [-0.39, 0.29) is 12.5 Å². The van der Waals surface area contributed by atoms with Crippen molar-refractivity contribution >= 4 is 46.1 Å². The molecule has 0 aliphatic rings. The number of amides is 1. The summed E-state index contributed by atoms with van der Waals surface area (Å²) >= 11 is 7.34. The number of rotatable bonds is 6. The molecule has 0 saturated carbocycles. The first-order chi connectivity index (χ1) is 13.2. The number of hydrogen-bond acceptors (Lipinski definition) is 6. The lowest BCUT2D eigenvalue weighted by Gasteiger charge is -2.04. The van der Waals surface area contributed by atoms with Crippen LogP contribution in [0.1, 0.15) is 5.69 Å². The maximum absolute atomic E-state index is 12.1. The Morgan fingerprint density at radius 2 is 2.11 bits per heavy atom. The predicted octanol–water partition coefficient (Wildman–Crippen LogP) is 4.00. The minimum absolute atomic E-state index is 0.0626. The fraction of sp³-hybridized carbons (Fsp3) is 0.111. The van der Waals surface area contributed by atoms with Gasteiger partial charge in [0, 0.05) is 22.7 Å². The standard InChI is InChI=1S/C18H14ClN5O2S/c19-12-4-3-5-13(8-12)20-17(25)10-24-9-14(22-23-24)11-27-18-21-15-6-1-2-7-16(15)26-18/h1-9H,10-11H2,(H,20,25). The molecule has 1 amide bonds. The van der Waals surface area contributed by atoms with Crippen molar-refractivity contribution in [2.45, 2.75) is 17.5 Å². The summed E-state index contributed by atoms with van der Waals surface area (Å²) in [7, 11) is 0. The van der Waals surface area contributed by atoms with Crippen LogP contribution in [0, 0.1) is 0 Å². The molecule has 0 bridgehead atoms. The third-order valence-corrected chi connectivity index (χ3v) is 4.71. The number of thioether (sulfide) groups is 1. The lowest BCUT2D eigenvalue weighted by Crippen LogP contribution is -2.19. The largest absolute Gasteiger partial charge is 0.431 e. The van der Waals surface area contributed by atoms with Crippen LogP contribution in [0.15, 0.2) is 64.4 Å². The van der Waals surface area contributed by atoms with Gasteiger partial charge in [-0.15, -0.1) is 5.10 Å². The molecule has 136 valence electrons. The predicted molar refractivity (Wildman–Crippen MR) is 104 cm³/mol. The number of anilines is 1. The molecule has 2 aromatic carbocycles. The van der Waals surface area contributed by atoms with Gasteiger partial charge in [0.05, 0.1) is 5.69 Å². The molecule has 0 aliphatic heterocycles. The van der Waals surface area contributed by atoms with Crippen LogP contribution in [0.3, 0.4) is 0 Å². The van der Waals surface area contributed by atoms with E-state index in [1.54, 1.807) is 30.5 Å². The second-order valence-corrected chi connectivity index (χ2v) is 7.07. The number of nitrogens with zero attached hydrogens (tertiary/aromatic N) is 4. The van der Waals surface area contributed by atoms with Crippen molar-refractivity contribution in [1.29, 1.82) is 0 Å². The highest BCUT2D eigenvalue weighted by Gasteiger charge is 2.10. The highest BCUT2D eigenvalue weighted by Crippen LogP contribution is 2.25.